The lowest BCUT2D eigenvalue weighted by Crippen LogP contribution is -2.50. The quantitative estimate of drug-likeness (QED) is 0.829. The number of piperidine rings is 1. The first-order chi connectivity index (χ1) is 13.9. The lowest BCUT2D eigenvalue weighted by Gasteiger charge is -2.44. The molecule has 2 aromatic carbocycles. The number of aliphatic hydroxyl groups excluding tert-OH is 1. The van der Waals surface area contributed by atoms with Crippen LogP contribution in [0.3, 0.4) is 0 Å². The average molecular weight is 395 g/mol. The Morgan fingerprint density at radius 2 is 1.76 bits per heavy atom. The number of hydrogen-bond acceptors (Lipinski definition) is 5. The van der Waals surface area contributed by atoms with E-state index in [9.17, 15) is 10.2 Å². The fourth-order valence-electron chi connectivity index (χ4n) is 5.53. The molecule has 154 valence electrons. The van der Waals surface area contributed by atoms with Crippen LogP contribution >= 0.6 is 0 Å². The molecule has 0 amide bonds. The molecule has 3 aliphatic heterocycles. The third-order valence-corrected chi connectivity index (χ3v) is 7.00. The Hall–Kier alpha value is -2.08. The monoisotopic (exact) mass is 395 g/mol. The molecule has 0 aliphatic carbocycles. The molecule has 2 saturated heterocycles. The summed E-state index contributed by atoms with van der Waals surface area (Å²) in [6, 6.07) is 12.6. The van der Waals surface area contributed by atoms with Gasteiger partial charge in [0.05, 0.1) is 11.7 Å². The highest BCUT2D eigenvalue weighted by Crippen LogP contribution is 2.48. The van der Waals surface area contributed by atoms with Gasteiger partial charge in [0.25, 0.3) is 0 Å². The number of ether oxygens (including phenoxy) is 2. The van der Waals surface area contributed by atoms with E-state index in [2.05, 4.69) is 30.9 Å². The molecule has 29 heavy (non-hydrogen) atoms. The van der Waals surface area contributed by atoms with Gasteiger partial charge in [-0.3, -0.25) is 4.90 Å². The number of nitrogens with zero attached hydrogens (tertiary/aromatic N) is 1. The van der Waals surface area contributed by atoms with E-state index in [4.69, 9.17) is 9.47 Å². The van der Waals surface area contributed by atoms with Gasteiger partial charge in [-0.05, 0) is 68.4 Å². The number of hydrogen-bond donors (Lipinski definition) is 2. The summed E-state index contributed by atoms with van der Waals surface area (Å²) in [4.78, 5) is 2.42. The molecular formula is C24H29NO4. The van der Waals surface area contributed by atoms with Crippen molar-refractivity contribution in [2.24, 2.45) is 0 Å². The van der Waals surface area contributed by atoms with Crippen LogP contribution in [0.2, 0.25) is 0 Å². The Kier molecular flexibility index (Phi) is 4.57. The summed E-state index contributed by atoms with van der Waals surface area (Å²) in [5, 5.41) is 22.4. The van der Waals surface area contributed by atoms with Gasteiger partial charge in [-0.1, -0.05) is 29.8 Å². The number of aryl methyl sites for hydroxylation is 2. The van der Waals surface area contributed by atoms with Gasteiger partial charge in [0.2, 0.25) is 6.79 Å². The van der Waals surface area contributed by atoms with E-state index in [0.717, 1.165) is 41.0 Å². The molecule has 3 atom stereocenters. The fraction of sp³-hybridized carbons (Fsp3) is 0.500. The average Bonchev–Trinajstić information content (AvgIpc) is 3.24. The maximum absolute atomic E-state index is 11.5. The van der Waals surface area contributed by atoms with Gasteiger partial charge in [0.1, 0.15) is 0 Å². The van der Waals surface area contributed by atoms with Crippen LogP contribution < -0.4 is 9.47 Å². The first-order valence-corrected chi connectivity index (χ1v) is 10.6. The molecule has 3 heterocycles. The summed E-state index contributed by atoms with van der Waals surface area (Å²) in [6.45, 7) is 5.00. The van der Waals surface area contributed by atoms with E-state index in [1.807, 2.05) is 24.3 Å². The van der Waals surface area contributed by atoms with Gasteiger partial charge in [-0.15, -0.1) is 0 Å². The number of aliphatic hydroxyl groups is 2. The Morgan fingerprint density at radius 1 is 1.03 bits per heavy atom. The van der Waals surface area contributed by atoms with Crippen molar-refractivity contribution >= 4 is 0 Å². The van der Waals surface area contributed by atoms with Crippen molar-refractivity contribution in [2.75, 3.05) is 13.3 Å². The minimum absolute atomic E-state index is 0.243. The minimum Gasteiger partial charge on any atom is -0.454 e. The molecule has 0 saturated carbocycles. The van der Waals surface area contributed by atoms with Gasteiger partial charge >= 0.3 is 0 Å². The zero-order valence-corrected chi connectivity index (χ0v) is 17.1. The molecular weight excluding hydrogens is 366 g/mol. The van der Waals surface area contributed by atoms with Gasteiger partial charge in [-0.2, -0.15) is 0 Å². The first kappa shape index (κ1) is 18.9. The molecule has 5 heteroatoms. The normalized spacial score (nSPS) is 29.2. The summed E-state index contributed by atoms with van der Waals surface area (Å²) in [5.41, 5.74) is 3.41. The van der Waals surface area contributed by atoms with Crippen LogP contribution in [0, 0.1) is 13.8 Å². The van der Waals surface area contributed by atoms with Crippen LogP contribution in [0.4, 0.5) is 0 Å². The fourth-order valence-corrected chi connectivity index (χ4v) is 5.53. The smallest absolute Gasteiger partial charge is 0.231 e. The highest BCUT2D eigenvalue weighted by Gasteiger charge is 2.48. The van der Waals surface area contributed by atoms with Gasteiger partial charge < -0.3 is 19.7 Å². The molecule has 0 spiro atoms. The second-order valence-electron chi connectivity index (χ2n) is 8.97. The third-order valence-electron chi connectivity index (χ3n) is 7.00. The van der Waals surface area contributed by atoms with E-state index in [1.165, 1.54) is 5.56 Å². The lowest BCUT2D eigenvalue weighted by molar-refractivity contribution is -0.0667. The molecule has 0 radical (unpaired) electrons. The van der Waals surface area contributed by atoms with Crippen LogP contribution in [-0.4, -0.2) is 40.5 Å². The van der Waals surface area contributed by atoms with Crippen molar-refractivity contribution in [3.8, 4) is 11.5 Å². The van der Waals surface area contributed by atoms with Gasteiger partial charge in [0, 0.05) is 18.6 Å². The van der Waals surface area contributed by atoms with Gasteiger partial charge in [0.15, 0.2) is 11.5 Å². The Morgan fingerprint density at radius 3 is 2.48 bits per heavy atom. The Balaban J connectivity index is 1.33. The second kappa shape index (κ2) is 7.01. The van der Waals surface area contributed by atoms with Crippen molar-refractivity contribution < 1.29 is 19.7 Å². The number of fused-ring (bicyclic) bond motifs is 3. The predicted molar refractivity (Wildman–Crippen MR) is 110 cm³/mol. The third kappa shape index (κ3) is 3.31. The summed E-state index contributed by atoms with van der Waals surface area (Å²) in [6.07, 6.45) is 3.00. The first-order valence-electron chi connectivity index (χ1n) is 10.6. The highest BCUT2D eigenvalue weighted by molar-refractivity contribution is 5.46. The SMILES string of the molecule is Cc1ccc(C(O)CN2C3CCC2CC(O)(c2ccc4c(c2)OCO4)C3)c(C)c1. The maximum atomic E-state index is 11.5. The standard InChI is InChI=1S/C24H29NO4/c1-15-3-7-20(16(2)9-15)21(26)13-25-18-5-6-19(25)12-24(27,11-18)17-4-8-22-23(10-17)29-14-28-22/h3-4,7-10,18-19,21,26-27H,5-6,11-14H2,1-2H3. The Labute approximate surface area is 171 Å². The molecule has 5 nitrogen and oxygen atoms in total. The molecule has 2 bridgehead atoms. The van der Waals surface area contributed by atoms with Crippen molar-refractivity contribution in [2.45, 2.75) is 63.3 Å². The van der Waals surface area contributed by atoms with E-state index >= 15 is 0 Å². The summed E-state index contributed by atoms with van der Waals surface area (Å²) < 4.78 is 10.9. The molecule has 5 rings (SSSR count). The topological polar surface area (TPSA) is 62.2 Å². The van der Waals surface area contributed by atoms with Crippen LogP contribution in [0.1, 0.15) is 54.0 Å². The number of rotatable bonds is 4. The van der Waals surface area contributed by atoms with Crippen LogP contribution in [0.15, 0.2) is 36.4 Å². The number of benzene rings is 2. The predicted octanol–water partition coefficient (Wildman–Crippen LogP) is 3.58. The molecule has 2 aromatic rings. The molecule has 3 aliphatic rings. The van der Waals surface area contributed by atoms with E-state index in [0.29, 0.717) is 19.4 Å². The lowest BCUT2D eigenvalue weighted by atomic mass is 9.80. The van der Waals surface area contributed by atoms with E-state index < -0.39 is 11.7 Å². The molecule has 3 unspecified atom stereocenters. The minimum atomic E-state index is -0.853. The van der Waals surface area contributed by atoms with Crippen molar-refractivity contribution in [1.82, 2.24) is 4.90 Å². The largest absolute Gasteiger partial charge is 0.454 e. The zero-order chi connectivity index (χ0) is 20.2. The molecule has 2 fully saturated rings. The summed E-state index contributed by atoms with van der Waals surface area (Å²) >= 11 is 0. The summed E-state index contributed by atoms with van der Waals surface area (Å²) in [5.74, 6) is 1.46. The zero-order valence-electron chi connectivity index (χ0n) is 17.1. The van der Waals surface area contributed by atoms with Crippen LogP contribution in [-0.2, 0) is 5.60 Å². The van der Waals surface area contributed by atoms with E-state index in [1.54, 1.807) is 0 Å². The van der Waals surface area contributed by atoms with Crippen molar-refractivity contribution in [3.05, 3.63) is 58.7 Å². The van der Waals surface area contributed by atoms with Crippen molar-refractivity contribution in [1.29, 1.82) is 0 Å². The van der Waals surface area contributed by atoms with E-state index in [-0.39, 0.29) is 18.9 Å². The maximum Gasteiger partial charge on any atom is 0.231 e. The summed E-state index contributed by atoms with van der Waals surface area (Å²) in [7, 11) is 0. The Bertz CT molecular complexity index is 913. The van der Waals surface area contributed by atoms with Crippen molar-refractivity contribution in [3.63, 3.8) is 0 Å². The van der Waals surface area contributed by atoms with Crippen LogP contribution in [0.25, 0.3) is 0 Å². The molecule has 0 aromatic heterocycles. The molecule has 2 N–H and O–H groups in total. The van der Waals surface area contributed by atoms with Crippen LogP contribution in [0.5, 0.6) is 11.5 Å². The van der Waals surface area contributed by atoms with Gasteiger partial charge in [-0.25, -0.2) is 0 Å². The second-order valence-corrected chi connectivity index (χ2v) is 8.97. The highest BCUT2D eigenvalue weighted by atomic mass is 16.7.